The van der Waals surface area contributed by atoms with E-state index < -0.39 is 0 Å². The van der Waals surface area contributed by atoms with Gasteiger partial charge in [0, 0.05) is 0 Å². The Balaban J connectivity index is 2.01. The zero-order valence-corrected chi connectivity index (χ0v) is 14.6. The minimum atomic E-state index is 0.902. The summed E-state index contributed by atoms with van der Waals surface area (Å²) in [5.74, 6) is 0.902. The Bertz CT molecular complexity index is 1000. The Kier molecular flexibility index (Phi) is 3.99. The summed E-state index contributed by atoms with van der Waals surface area (Å²) in [7, 11) is 0. The first-order valence-corrected chi connectivity index (χ1v) is 8.58. The van der Waals surface area contributed by atoms with Crippen LogP contribution in [0.1, 0.15) is 0 Å². The third-order valence-electron chi connectivity index (χ3n) is 3.83. The number of hydrogen-bond acceptors (Lipinski definition) is 1. The van der Waals surface area contributed by atoms with Gasteiger partial charge in [0.25, 0.3) is 0 Å². The Morgan fingerprint density at radius 2 is 1.12 bits per heavy atom. The SMILES string of the molecule is [Se]=c1n(-c2ccccc2)nc(-c2ccccc2)n1-c1ccccc1. The molecule has 0 saturated carbocycles. The van der Waals surface area contributed by atoms with E-state index in [0.29, 0.717) is 0 Å². The molecule has 0 spiro atoms. The first-order valence-electron chi connectivity index (χ1n) is 7.73. The molecule has 4 heteroatoms. The fourth-order valence-corrected chi connectivity index (χ4v) is 3.40. The van der Waals surface area contributed by atoms with Crippen molar-refractivity contribution in [3.63, 3.8) is 0 Å². The van der Waals surface area contributed by atoms with Gasteiger partial charge in [-0.2, -0.15) is 0 Å². The molecule has 0 N–H and O–H groups in total. The molecule has 0 aliphatic rings. The van der Waals surface area contributed by atoms with Gasteiger partial charge in [-0.05, 0) is 0 Å². The van der Waals surface area contributed by atoms with Crippen LogP contribution in [-0.4, -0.2) is 29.9 Å². The molecule has 4 aromatic rings. The van der Waals surface area contributed by atoms with Gasteiger partial charge in [0.2, 0.25) is 0 Å². The molecule has 116 valence electrons. The van der Waals surface area contributed by atoms with Crippen LogP contribution in [0.25, 0.3) is 22.8 Å². The molecule has 4 rings (SSSR count). The summed E-state index contributed by atoms with van der Waals surface area (Å²) in [6.45, 7) is 0. The molecular formula is C20H15N3Se. The van der Waals surface area contributed by atoms with Crippen molar-refractivity contribution in [2.75, 3.05) is 0 Å². The van der Waals surface area contributed by atoms with Gasteiger partial charge in [-0.1, -0.05) is 0 Å². The Hall–Kier alpha value is -2.68. The second-order valence-electron chi connectivity index (χ2n) is 5.39. The van der Waals surface area contributed by atoms with Crippen molar-refractivity contribution >= 4 is 15.6 Å². The van der Waals surface area contributed by atoms with Gasteiger partial charge in [0.15, 0.2) is 0 Å². The first kappa shape index (κ1) is 14.9. The Morgan fingerprint density at radius 3 is 1.71 bits per heavy atom. The van der Waals surface area contributed by atoms with E-state index in [1.165, 1.54) is 0 Å². The molecule has 3 nitrogen and oxygen atoms in total. The fraction of sp³-hybridized carbons (Fsp3) is 0. The topological polar surface area (TPSA) is 22.8 Å². The summed E-state index contributed by atoms with van der Waals surface area (Å²) in [6.07, 6.45) is 0. The summed E-state index contributed by atoms with van der Waals surface area (Å²) in [6, 6.07) is 30.7. The molecular weight excluding hydrogens is 361 g/mol. The molecule has 3 aromatic carbocycles. The summed E-state index contributed by atoms with van der Waals surface area (Å²) in [4.78, 5) is 0. The number of benzene rings is 3. The molecule has 0 saturated heterocycles. The normalized spacial score (nSPS) is 10.7. The van der Waals surface area contributed by atoms with E-state index in [1.807, 2.05) is 59.3 Å². The standard InChI is InChI=1S/C20H15N3Se/c24-20-22(17-12-6-2-7-13-17)19(16-10-4-1-5-11-16)21-23(20)18-14-8-3-9-15-18/h1-15H. The summed E-state index contributed by atoms with van der Waals surface area (Å²) in [5, 5.41) is 4.87. The molecule has 1 aromatic heterocycles. The summed E-state index contributed by atoms with van der Waals surface area (Å²) in [5.41, 5.74) is 3.18. The van der Waals surface area contributed by atoms with E-state index in [-0.39, 0.29) is 0 Å². The third-order valence-corrected chi connectivity index (χ3v) is 4.57. The number of aromatic nitrogens is 3. The van der Waals surface area contributed by atoms with E-state index >= 15 is 0 Å². The van der Waals surface area contributed by atoms with Crippen molar-refractivity contribution in [1.82, 2.24) is 14.3 Å². The molecule has 24 heavy (non-hydrogen) atoms. The van der Waals surface area contributed by atoms with E-state index in [1.54, 1.807) is 0 Å². The van der Waals surface area contributed by atoms with Crippen molar-refractivity contribution < 1.29 is 0 Å². The third kappa shape index (κ3) is 2.67. The molecule has 0 unspecified atom stereocenters. The van der Waals surface area contributed by atoms with Gasteiger partial charge >= 0.3 is 148 Å². The predicted molar refractivity (Wildman–Crippen MR) is 97.3 cm³/mol. The van der Waals surface area contributed by atoms with Crippen LogP contribution in [0.5, 0.6) is 0 Å². The van der Waals surface area contributed by atoms with Gasteiger partial charge in [0.05, 0.1) is 0 Å². The molecule has 0 radical (unpaired) electrons. The van der Waals surface area contributed by atoms with Crippen LogP contribution in [0.4, 0.5) is 0 Å². The second kappa shape index (κ2) is 6.44. The Morgan fingerprint density at radius 1 is 0.625 bits per heavy atom. The van der Waals surface area contributed by atoms with E-state index in [0.717, 1.165) is 27.1 Å². The average molecular weight is 376 g/mol. The zero-order valence-electron chi connectivity index (χ0n) is 12.9. The van der Waals surface area contributed by atoms with Crippen LogP contribution < -0.4 is 0 Å². The van der Waals surface area contributed by atoms with Gasteiger partial charge in [-0.25, -0.2) is 0 Å². The van der Waals surface area contributed by atoms with Crippen molar-refractivity contribution in [3.8, 4) is 22.8 Å². The maximum absolute atomic E-state index is 4.87. The molecule has 0 amide bonds. The van der Waals surface area contributed by atoms with Crippen LogP contribution in [0, 0.1) is 4.32 Å². The van der Waals surface area contributed by atoms with Gasteiger partial charge < -0.3 is 0 Å². The van der Waals surface area contributed by atoms with Crippen LogP contribution in [-0.2, 0) is 0 Å². The van der Waals surface area contributed by atoms with Crippen LogP contribution in [0.15, 0.2) is 91.0 Å². The van der Waals surface area contributed by atoms with E-state index in [2.05, 4.69) is 56.5 Å². The zero-order chi connectivity index (χ0) is 16.4. The number of hydrogen-bond donors (Lipinski definition) is 0. The van der Waals surface area contributed by atoms with E-state index in [9.17, 15) is 0 Å². The summed E-state index contributed by atoms with van der Waals surface area (Å²) >= 11 is 3.19. The predicted octanol–water partition coefficient (Wildman–Crippen LogP) is 4.03. The van der Waals surface area contributed by atoms with Gasteiger partial charge in [0.1, 0.15) is 0 Å². The molecule has 0 aliphatic heterocycles. The summed E-state index contributed by atoms with van der Waals surface area (Å²) < 4.78 is 5.02. The number of para-hydroxylation sites is 2. The van der Waals surface area contributed by atoms with Gasteiger partial charge in [-0.3, -0.25) is 0 Å². The maximum atomic E-state index is 4.87. The molecule has 0 bridgehead atoms. The first-order chi connectivity index (χ1) is 11.8. The van der Waals surface area contributed by atoms with Crippen molar-refractivity contribution in [2.45, 2.75) is 0 Å². The van der Waals surface area contributed by atoms with Crippen LogP contribution in [0.3, 0.4) is 0 Å². The molecule has 0 atom stereocenters. The fourth-order valence-electron chi connectivity index (χ4n) is 2.69. The minimum absolute atomic E-state index is 0.902. The second-order valence-corrected chi connectivity index (χ2v) is 6.16. The van der Waals surface area contributed by atoms with Crippen molar-refractivity contribution in [1.29, 1.82) is 0 Å². The quantitative estimate of drug-likeness (QED) is 0.495. The number of rotatable bonds is 3. The molecule has 0 aliphatic carbocycles. The van der Waals surface area contributed by atoms with Crippen molar-refractivity contribution in [2.24, 2.45) is 0 Å². The monoisotopic (exact) mass is 377 g/mol. The molecule has 1 heterocycles. The molecule has 0 fully saturated rings. The van der Waals surface area contributed by atoms with Crippen LogP contribution in [0.2, 0.25) is 0 Å². The van der Waals surface area contributed by atoms with Crippen LogP contribution >= 0.6 is 0 Å². The number of nitrogens with zero attached hydrogens (tertiary/aromatic N) is 3. The van der Waals surface area contributed by atoms with Crippen molar-refractivity contribution in [3.05, 3.63) is 95.3 Å². The average Bonchev–Trinajstić information content (AvgIpc) is 3.01. The Labute approximate surface area is 148 Å². The van der Waals surface area contributed by atoms with Gasteiger partial charge in [-0.15, -0.1) is 0 Å². The van der Waals surface area contributed by atoms with E-state index in [4.69, 9.17) is 5.10 Å².